The number of rotatable bonds is 3. The van der Waals surface area contributed by atoms with Crippen molar-refractivity contribution in [3.63, 3.8) is 0 Å². The summed E-state index contributed by atoms with van der Waals surface area (Å²) in [6, 6.07) is 13.4. The highest BCUT2D eigenvalue weighted by Crippen LogP contribution is 2.32. The van der Waals surface area contributed by atoms with Crippen LogP contribution in [-0.4, -0.2) is 22.7 Å². The molecule has 6 nitrogen and oxygen atoms in total. The fourth-order valence-electron chi connectivity index (χ4n) is 3.22. The Morgan fingerprint density at radius 2 is 1.64 bits per heavy atom. The second kappa shape index (κ2) is 6.74. The van der Waals surface area contributed by atoms with Crippen LogP contribution in [0, 0.1) is 13.8 Å². The van der Waals surface area contributed by atoms with Gasteiger partial charge in [-0.05, 0) is 61.4 Å². The smallest absolute Gasteiger partial charge is 0.266 e. The van der Waals surface area contributed by atoms with Gasteiger partial charge >= 0.3 is 0 Å². The predicted molar refractivity (Wildman–Crippen MR) is 106 cm³/mol. The number of hydrogen-bond acceptors (Lipinski definition) is 4. The van der Waals surface area contributed by atoms with E-state index in [1.807, 2.05) is 26.0 Å². The second-order valence-electron chi connectivity index (χ2n) is 6.62. The summed E-state index contributed by atoms with van der Waals surface area (Å²) in [5.74, 6) is -1.17. The summed E-state index contributed by atoms with van der Waals surface area (Å²) in [5.41, 5.74) is 3.85. The van der Waals surface area contributed by atoms with Crippen LogP contribution in [0.5, 0.6) is 0 Å². The summed E-state index contributed by atoms with van der Waals surface area (Å²) in [6.45, 7) is 3.81. The molecule has 4 rings (SSSR count). The number of carbonyl (C=O) groups is 3. The van der Waals surface area contributed by atoms with E-state index in [0.717, 1.165) is 11.1 Å². The summed E-state index contributed by atoms with van der Waals surface area (Å²) in [6.07, 6.45) is 3.14. The van der Waals surface area contributed by atoms with E-state index < -0.39 is 5.91 Å². The van der Waals surface area contributed by atoms with Crippen molar-refractivity contribution in [2.45, 2.75) is 13.8 Å². The molecule has 1 N–H and O–H groups in total. The average Bonchev–Trinajstić information content (AvgIpc) is 2.95. The number of anilines is 2. The molecule has 2 heterocycles. The molecule has 3 aromatic rings. The standard InChI is InChI=1S/C22H17N3O3/c1-13-4-3-5-19(14(13)2)25-21(27)17-7-6-15(12-18(17)22(25)28)20(26)24-16-8-10-23-11-9-16/h3-12H,1-2H3,(H,23,24,26). The fourth-order valence-corrected chi connectivity index (χ4v) is 3.22. The Kier molecular flexibility index (Phi) is 4.24. The molecule has 1 aliphatic heterocycles. The Labute approximate surface area is 161 Å². The molecule has 2 aromatic carbocycles. The highest BCUT2D eigenvalue weighted by molar-refractivity contribution is 6.35. The number of hydrogen-bond donors (Lipinski definition) is 1. The summed E-state index contributed by atoms with van der Waals surface area (Å²) in [7, 11) is 0. The van der Waals surface area contributed by atoms with E-state index >= 15 is 0 Å². The molecule has 0 saturated carbocycles. The number of fused-ring (bicyclic) bond motifs is 1. The number of aromatic nitrogens is 1. The van der Waals surface area contributed by atoms with Crippen molar-refractivity contribution >= 4 is 29.1 Å². The van der Waals surface area contributed by atoms with Crippen LogP contribution in [0.2, 0.25) is 0 Å². The quantitative estimate of drug-likeness (QED) is 0.711. The van der Waals surface area contributed by atoms with E-state index in [-0.39, 0.29) is 17.4 Å². The van der Waals surface area contributed by atoms with E-state index in [1.54, 1.807) is 36.7 Å². The highest BCUT2D eigenvalue weighted by Gasteiger charge is 2.37. The lowest BCUT2D eigenvalue weighted by molar-refractivity contribution is 0.0925. The SMILES string of the molecule is Cc1cccc(N2C(=O)c3ccc(C(=O)Nc4ccncc4)cc3C2=O)c1C. The molecule has 0 bridgehead atoms. The monoisotopic (exact) mass is 371 g/mol. The number of benzene rings is 2. The molecule has 1 aliphatic rings. The molecule has 0 aliphatic carbocycles. The summed E-state index contributed by atoms with van der Waals surface area (Å²) >= 11 is 0. The molecule has 0 saturated heterocycles. The third-order valence-corrected chi connectivity index (χ3v) is 4.90. The Morgan fingerprint density at radius 3 is 2.39 bits per heavy atom. The number of carbonyl (C=O) groups excluding carboxylic acids is 3. The zero-order valence-corrected chi connectivity index (χ0v) is 15.4. The number of imide groups is 1. The first-order chi connectivity index (χ1) is 13.5. The minimum absolute atomic E-state index is 0.230. The fraction of sp³-hybridized carbons (Fsp3) is 0.0909. The van der Waals surface area contributed by atoms with Gasteiger partial charge in [0.2, 0.25) is 0 Å². The number of nitrogens with one attached hydrogen (secondary N) is 1. The van der Waals surface area contributed by atoms with Gasteiger partial charge in [-0.15, -0.1) is 0 Å². The predicted octanol–water partition coefficient (Wildman–Crippen LogP) is 3.75. The van der Waals surface area contributed by atoms with Crippen molar-refractivity contribution < 1.29 is 14.4 Å². The average molecular weight is 371 g/mol. The van der Waals surface area contributed by atoms with Gasteiger partial charge in [0.15, 0.2) is 0 Å². The van der Waals surface area contributed by atoms with E-state index in [0.29, 0.717) is 22.5 Å². The molecule has 1 aromatic heterocycles. The third-order valence-electron chi connectivity index (χ3n) is 4.90. The minimum atomic E-state index is -0.424. The van der Waals surface area contributed by atoms with Crippen LogP contribution in [0.1, 0.15) is 42.2 Å². The molecule has 0 radical (unpaired) electrons. The van der Waals surface area contributed by atoms with Crippen LogP contribution in [0.3, 0.4) is 0 Å². The van der Waals surface area contributed by atoms with Gasteiger partial charge in [0.25, 0.3) is 17.7 Å². The van der Waals surface area contributed by atoms with Crippen molar-refractivity contribution in [1.29, 1.82) is 0 Å². The largest absolute Gasteiger partial charge is 0.322 e. The van der Waals surface area contributed by atoms with Crippen molar-refractivity contribution in [2.75, 3.05) is 10.2 Å². The first-order valence-corrected chi connectivity index (χ1v) is 8.78. The van der Waals surface area contributed by atoms with Gasteiger partial charge in [-0.1, -0.05) is 12.1 Å². The summed E-state index contributed by atoms with van der Waals surface area (Å²) in [4.78, 5) is 43.4. The lowest BCUT2D eigenvalue weighted by atomic mass is 10.1. The van der Waals surface area contributed by atoms with E-state index in [4.69, 9.17) is 0 Å². The molecular weight excluding hydrogens is 354 g/mol. The van der Waals surface area contributed by atoms with Crippen molar-refractivity contribution in [1.82, 2.24) is 4.98 Å². The number of amides is 3. The van der Waals surface area contributed by atoms with E-state index in [1.165, 1.54) is 17.0 Å². The van der Waals surface area contributed by atoms with Crippen LogP contribution in [0.15, 0.2) is 60.9 Å². The van der Waals surface area contributed by atoms with Crippen LogP contribution >= 0.6 is 0 Å². The van der Waals surface area contributed by atoms with Crippen LogP contribution in [-0.2, 0) is 0 Å². The second-order valence-corrected chi connectivity index (χ2v) is 6.62. The maximum absolute atomic E-state index is 13.0. The van der Waals surface area contributed by atoms with Crippen molar-refractivity contribution in [3.05, 3.63) is 88.7 Å². The Morgan fingerprint density at radius 1 is 0.929 bits per heavy atom. The lowest BCUT2D eigenvalue weighted by Gasteiger charge is -2.17. The van der Waals surface area contributed by atoms with Gasteiger partial charge in [-0.25, -0.2) is 4.90 Å². The normalized spacial score (nSPS) is 12.9. The molecule has 138 valence electrons. The Balaban J connectivity index is 1.68. The van der Waals surface area contributed by atoms with Crippen molar-refractivity contribution in [2.24, 2.45) is 0 Å². The molecule has 0 unspecified atom stereocenters. The van der Waals surface area contributed by atoms with E-state index in [9.17, 15) is 14.4 Å². The molecule has 3 amide bonds. The molecule has 6 heteroatoms. The van der Waals surface area contributed by atoms with Crippen LogP contribution in [0.25, 0.3) is 0 Å². The Hall–Kier alpha value is -3.80. The topological polar surface area (TPSA) is 79.4 Å². The highest BCUT2D eigenvalue weighted by atomic mass is 16.2. The molecule has 0 atom stereocenters. The first kappa shape index (κ1) is 17.6. The van der Waals surface area contributed by atoms with Crippen LogP contribution < -0.4 is 10.2 Å². The minimum Gasteiger partial charge on any atom is -0.322 e. The number of aryl methyl sites for hydroxylation is 1. The molecule has 28 heavy (non-hydrogen) atoms. The van der Waals surface area contributed by atoms with Gasteiger partial charge in [-0.2, -0.15) is 0 Å². The van der Waals surface area contributed by atoms with Gasteiger partial charge in [0.05, 0.1) is 16.8 Å². The van der Waals surface area contributed by atoms with Gasteiger partial charge in [0, 0.05) is 23.6 Å². The van der Waals surface area contributed by atoms with Crippen molar-refractivity contribution in [3.8, 4) is 0 Å². The first-order valence-electron chi connectivity index (χ1n) is 8.78. The Bertz CT molecular complexity index is 1120. The van der Waals surface area contributed by atoms with Gasteiger partial charge in [0.1, 0.15) is 0 Å². The number of pyridine rings is 1. The zero-order valence-electron chi connectivity index (χ0n) is 15.4. The van der Waals surface area contributed by atoms with Crippen LogP contribution in [0.4, 0.5) is 11.4 Å². The maximum atomic E-state index is 13.0. The number of nitrogens with zero attached hydrogens (tertiary/aromatic N) is 2. The van der Waals surface area contributed by atoms with Gasteiger partial charge < -0.3 is 5.32 Å². The molecule has 0 spiro atoms. The summed E-state index contributed by atoms with van der Waals surface area (Å²) in [5, 5.41) is 2.75. The van der Waals surface area contributed by atoms with Gasteiger partial charge in [-0.3, -0.25) is 19.4 Å². The van der Waals surface area contributed by atoms with E-state index in [2.05, 4.69) is 10.3 Å². The third kappa shape index (κ3) is 2.85. The maximum Gasteiger partial charge on any atom is 0.266 e. The lowest BCUT2D eigenvalue weighted by Crippen LogP contribution is -2.30. The molecular formula is C22H17N3O3. The zero-order chi connectivity index (χ0) is 19.8. The summed E-state index contributed by atoms with van der Waals surface area (Å²) < 4.78 is 0. The molecule has 0 fully saturated rings.